The van der Waals surface area contributed by atoms with Crippen molar-refractivity contribution in [1.29, 1.82) is 0 Å². The SMILES string of the molecule is CCCCC(CCCC)(C(=O)OC)S(=O)(=O)c1ccc([N+](=O)[O-])cc1. The van der Waals surface area contributed by atoms with E-state index in [2.05, 4.69) is 0 Å². The second kappa shape index (κ2) is 8.94. The number of nitro groups is 1. The molecule has 0 aliphatic rings. The highest BCUT2D eigenvalue weighted by Gasteiger charge is 2.51. The minimum absolute atomic E-state index is 0.101. The lowest BCUT2D eigenvalue weighted by Crippen LogP contribution is -2.47. The number of methoxy groups -OCH3 is 1. The summed E-state index contributed by atoms with van der Waals surface area (Å²) in [7, 11) is -2.88. The maximum Gasteiger partial charge on any atom is 0.327 e. The summed E-state index contributed by atoms with van der Waals surface area (Å²) in [5.74, 6) is -0.771. The van der Waals surface area contributed by atoms with E-state index in [1.54, 1.807) is 0 Å². The molecule has 0 fully saturated rings. The molecular weight excluding hydrogens is 346 g/mol. The predicted molar refractivity (Wildman–Crippen MR) is 94.1 cm³/mol. The summed E-state index contributed by atoms with van der Waals surface area (Å²) < 4.78 is 29.7. The van der Waals surface area contributed by atoms with Crippen molar-refractivity contribution in [2.75, 3.05) is 7.11 Å². The Morgan fingerprint density at radius 1 is 1.12 bits per heavy atom. The first kappa shape index (κ1) is 21.1. The Labute approximate surface area is 148 Å². The van der Waals surface area contributed by atoms with Crippen LogP contribution in [0.25, 0.3) is 0 Å². The van der Waals surface area contributed by atoms with Gasteiger partial charge >= 0.3 is 5.97 Å². The van der Waals surface area contributed by atoms with Gasteiger partial charge in [-0.2, -0.15) is 0 Å². The molecule has 1 aromatic rings. The highest BCUT2D eigenvalue weighted by atomic mass is 32.2. The number of rotatable bonds is 10. The lowest BCUT2D eigenvalue weighted by atomic mass is 9.95. The van der Waals surface area contributed by atoms with Gasteiger partial charge in [-0.15, -0.1) is 0 Å². The molecule has 0 radical (unpaired) electrons. The quantitative estimate of drug-likeness (QED) is 0.353. The van der Waals surface area contributed by atoms with E-state index in [9.17, 15) is 23.3 Å². The van der Waals surface area contributed by atoms with Gasteiger partial charge in [0.05, 0.1) is 16.9 Å². The van der Waals surface area contributed by atoms with Gasteiger partial charge < -0.3 is 4.74 Å². The molecule has 25 heavy (non-hydrogen) atoms. The Hall–Kier alpha value is -1.96. The van der Waals surface area contributed by atoms with Crippen molar-refractivity contribution >= 4 is 21.5 Å². The van der Waals surface area contributed by atoms with Crippen LogP contribution >= 0.6 is 0 Å². The van der Waals surface area contributed by atoms with Crippen LogP contribution in [0.3, 0.4) is 0 Å². The Morgan fingerprint density at radius 3 is 1.96 bits per heavy atom. The molecule has 0 saturated carbocycles. The number of benzene rings is 1. The Morgan fingerprint density at radius 2 is 1.60 bits per heavy atom. The maximum absolute atomic E-state index is 13.3. The molecule has 0 aliphatic heterocycles. The number of carbonyl (C=O) groups excluding carboxylic acids is 1. The molecule has 0 aliphatic carbocycles. The summed E-state index contributed by atoms with van der Waals surface area (Å²) in [6.45, 7) is 3.83. The minimum Gasteiger partial charge on any atom is -0.468 e. The topological polar surface area (TPSA) is 104 Å². The van der Waals surface area contributed by atoms with Gasteiger partial charge in [-0.25, -0.2) is 8.42 Å². The summed E-state index contributed by atoms with van der Waals surface area (Å²) in [6, 6.07) is 4.63. The number of unbranched alkanes of at least 4 members (excludes halogenated alkanes) is 2. The molecule has 0 heterocycles. The van der Waals surface area contributed by atoms with Crippen LogP contribution in [-0.2, 0) is 19.4 Å². The second-order valence-electron chi connectivity index (χ2n) is 5.95. The van der Waals surface area contributed by atoms with Gasteiger partial charge in [0, 0.05) is 12.1 Å². The molecule has 140 valence electrons. The predicted octanol–water partition coefficient (Wildman–Crippen LogP) is 3.66. The molecule has 0 unspecified atom stereocenters. The third-order valence-corrected chi connectivity index (χ3v) is 6.79. The van der Waals surface area contributed by atoms with E-state index in [0.29, 0.717) is 12.8 Å². The molecule has 1 rings (SSSR count). The van der Waals surface area contributed by atoms with Crippen LogP contribution in [0.15, 0.2) is 29.2 Å². The van der Waals surface area contributed by atoms with Gasteiger partial charge in [-0.3, -0.25) is 14.9 Å². The lowest BCUT2D eigenvalue weighted by Gasteiger charge is -2.30. The summed E-state index contributed by atoms with van der Waals surface area (Å²) in [6.07, 6.45) is 2.92. The molecule has 0 saturated heterocycles. The van der Waals surface area contributed by atoms with E-state index in [1.807, 2.05) is 13.8 Å². The summed E-state index contributed by atoms with van der Waals surface area (Å²) >= 11 is 0. The van der Waals surface area contributed by atoms with E-state index in [0.717, 1.165) is 25.0 Å². The normalized spacial score (nSPS) is 12.0. The van der Waals surface area contributed by atoms with Crippen molar-refractivity contribution in [2.45, 2.75) is 62.0 Å². The van der Waals surface area contributed by atoms with E-state index in [1.165, 1.54) is 19.2 Å². The molecule has 0 atom stereocenters. The van der Waals surface area contributed by atoms with Crippen LogP contribution in [0.5, 0.6) is 0 Å². The smallest absolute Gasteiger partial charge is 0.327 e. The highest BCUT2D eigenvalue weighted by Crippen LogP contribution is 2.37. The van der Waals surface area contributed by atoms with Crippen LogP contribution in [0.4, 0.5) is 5.69 Å². The van der Waals surface area contributed by atoms with Crippen molar-refractivity contribution in [2.24, 2.45) is 0 Å². The van der Waals surface area contributed by atoms with Crippen LogP contribution < -0.4 is 0 Å². The average Bonchev–Trinajstić information content (AvgIpc) is 2.61. The van der Waals surface area contributed by atoms with Gasteiger partial charge in [0.15, 0.2) is 14.6 Å². The number of nitro benzene ring substituents is 1. The Kier molecular flexibility index (Phi) is 7.54. The first-order chi connectivity index (χ1) is 11.8. The summed E-state index contributed by atoms with van der Waals surface area (Å²) in [5.41, 5.74) is -0.204. The van der Waals surface area contributed by atoms with E-state index < -0.39 is 25.5 Å². The van der Waals surface area contributed by atoms with Gasteiger partial charge in [0.1, 0.15) is 0 Å². The number of nitrogens with zero attached hydrogens (tertiary/aromatic N) is 1. The molecule has 0 bridgehead atoms. The first-order valence-electron chi connectivity index (χ1n) is 8.34. The van der Waals surface area contributed by atoms with Gasteiger partial charge in [-0.1, -0.05) is 39.5 Å². The number of ether oxygens (including phenoxy) is 1. The standard InChI is InChI=1S/C17H25NO6S/c1-4-6-12-17(13-7-5-2,16(19)24-3)25(22,23)15-10-8-14(9-11-15)18(20)21/h8-11H,4-7,12-13H2,1-3H3. The lowest BCUT2D eigenvalue weighted by molar-refractivity contribution is -0.384. The summed E-state index contributed by atoms with van der Waals surface area (Å²) in [5, 5.41) is 10.8. The van der Waals surface area contributed by atoms with Crippen LogP contribution in [0, 0.1) is 10.1 Å². The molecule has 1 aromatic carbocycles. The monoisotopic (exact) mass is 371 g/mol. The van der Waals surface area contributed by atoms with Crippen LogP contribution in [0.2, 0.25) is 0 Å². The molecule has 0 spiro atoms. The number of non-ortho nitro benzene ring substituents is 1. The third-order valence-electron chi connectivity index (χ3n) is 4.30. The average molecular weight is 371 g/mol. The highest BCUT2D eigenvalue weighted by molar-refractivity contribution is 7.93. The fourth-order valence-electron chi connectivity index (χ4n) is 2.79. The van der Waals surface area contributed by atoms with Crippen molar-refractivity contribution in [3.05, 3.63) is 34.4 Å². The van der Waals surface area contributed by atoms with Crippen molar-refractivity contribution < 1.29 is 22.9 Å². The molecular formula is C17H25NO6S. The zero-order valence-electron chi connectivity index (χ0n) is 14.9. The van der Waals surface area contributed by atoms with E-state index in [-0.39, 0.29) is 23.4 Å². The second-order valence-corrected chi connectivity index (χ2v) is 8.21. The molecule has 0 aromatic heterocycles. The molecule has 8 heteroatoms. The first-order valence-corrected chi connectivity index (χ1v) is 9.82. The van der Waals surface area contributed by atoms with Gasteiger partial charge in [0.25, 0.3) is 5.69 Å². The maximum atomic E-state index is 13.3. The van der Waals surface area contributed by atoms with Crippen LogP contribution in [0.1, 0.15) is 52.4 Å². The van der Waals surface area contributed by atoms with Crippen LogP contribution in [-0.4, -0.2) is 31.2 Å². The van der Waals surface area contributed by atoms with E-state index >= 15 is 0 Å². The zero-order valence-corrected chi connectivity index (χ0v) is 15.7. The Balaban J connectivity index is 3.46. The number of carbonyl (C=O) groups is 1. The molecule has 0 amide bonds. The number of esters is 1. The Bertz CT molecular complexity index is 688. The van der Waals surface area contributed by atoms with Crippen molar-refractivity contribution in [3.63, 3.8) is 0 Å². The summed E-state index contributed by atoms with van der Waals surface area (Å²) in [4.78, 5) is 22.6. The number of sulfone groups is 1. The van der Waals surface area contributed by atoms with Gasteiger partial charge in [-0.05, 0) is 25.0 Å². The number of hydrogen-bond acceptors (Lipinski definition) is 6. The molecule has 7 nitrogen and oxygen atoms in total. The fourth-order valence-corrected chi connectivity index (χ4v) is 4.87. The minimum atomic E-state index is -4.06. The van der Waals surface area contributed by atoms with Gasteiger partial charge in [0.2, 0.25) is 0 Å². The number of hydrogen-bond donors (Lipinski definition) is 0. The molecule has 0 N–H and O–H groups in total. The van der Waals surface area contributed by atoms with E-state index in [4.69, 9.17) is 4.74 Å². The largest absolute Gasteiger partial charge is 0.468 e. The fraction of sp³-hybridized carbons (Fsp3) is 0.588. The zero-order chi connectivity index (χ0) is 19.1. The third kappa shape index (κ3) is 4.36. The van der Waals surface area contributed by atoms with Crippen molar-refractivity contribution in [3.8, 4) is 0 Å². The van der Waals surface area contributed by atoms with Crippen molar-refractivity contribution in [1.82, 2.24) is 0 Å².